The monoisotopic (exact) mass is 383 g/mol. The van der Waals surface area contributed by atoms with Crippen molar-refractivity contribution in [2.24, 2.45) is 0 Å². The zero-order valence-electron chi connectivity index (χ0n) is 12.7. The van der Waals surface area contributed by atoms with Crippen LogP contribution in [0.15, 0.2) is 21.1 Å². The summed E-state index contributed by atoms with van der Waals surface area (Å²) >= 11 is 4.92. The van der Waals surface area contributed by atoms with E-state index in [0.29, 0.717) is 22.9 Å². The number of amides is 1. The van der Waals surface area contributed by atoms with Crippen LogP contribution >= 0.6 is 27.7 Å². The van der Waals surface area contributed by atoms with Gasteiger partial charge in [-0.05, 0) is 38.5 Å². The molecule has 0 aliphatic heterocycles. The van der Waals surface area contributed by atoms with Crippen LogP contribution < -0.4 is 11.1 Å². The van der Waals surface area contributed by atoms with Crippen molar-refractivity contribution in [1.82, 2.24) is 5.16 Å². The SMILES string of the molecule is Cc1cc(Br)cc(NC(=O)CSCc2c(C)noc2C)c1N. The molecule has 0 aliphatic carbocycles. The molecule has 0 bridgehead atoms. The van der Waals surface area contributed by atoms with Crippen LogP contribution in [0.1, 0.15) is 22.6 Å². The lowest BCUT2D eigenvalue weighted by Crippen LogP contribution is -2.15. The maximum Gasteiger partial charge on any atom is 0.234 e. The van der Waals surface area contributed by atoms with Gasteiger partial charge in [0, 0.05) is 15.8 Å². The van der Waals surface area contributed by atoms with Crippen molar-refractivity contribution in [3.05, 3.63) is 39.2 Å². The van der Waals surface area contributed by atoms with Crippen LogP contribution in [0.2, 0.25) is 0 Å². The number of hydrogen-bond donors (Lipinski definition) is 2. The van der Waals surface area contributed by atoms with Gasteiger partial charge < -0.3 is 15.6 Å². The summed E-state index contributed by atoms with van der Waals surface area (Å²) < 4.78 is 5.99. The lowest BCUT2D eigenvalue weighted by molar-refractivity contribution is -0.113. The zero-order valence-corrected chi connectivity index (χ0v) is 15.1. The molecule has 2 rings (SSSR count). The van der Waals surface area contributed by atoms with Crippen LogP contribution in [-0.2, 0) is 10.5 Å². The smallest absolute Gasteiger partial charge is 0.234 e. The summed E-state index contributed by atoms with van der Waals surface area (Å²) in [6.07, 6.45) is 0. The van der Waals surface area contributed by atoms with E-state index in [1.165, 1.54) is 11.8 Å². The topological polar surface area (TPSA) is 81.2 Å². The largest absolute Gasteiger partial charge is 0.397 e. The van der Waals surface area contributed by atoms with Gasteiger partial charge in [-0.1, -0.05) is 21.1 Å². The van der Waals surface area contributed by atoms with Gasteiger partial charge in [0.05, 0.1) is 22.8 Å². The first-order chi connectivity index (χ1) is 10.4. The molecule has 1 heterocycles. The predicted molar refractivity (Wildman–Crippen MR) is 94.1 cm³/mol. The van der Waals surface area contributed by atoms with Gasteiger partial charge in [-0.15, -0.1) is 11.8 Å². The van der Waals surface area contributed by atoms with Crippen LogP contribution in [0.4, 0.5) is 11.4 Å². The third-order valence-electron chi connectivity index (χ3n) is 3.29. The maximum absolute atomic E-state index is 12.0. The number of nitrogens with zero attached hydrogens (tertiary/aromatic N) is 1. The molecule has 0 radical (unpaired) electrons. The summed E-state index contributed by atoms with van der Waals surface area (Å²) in [4.78, 5) is 12.0. The van der Waals surface area contributed by atoms with Gasteiger partial charge in [-0.2, -0.15) is 0 Å². The molecule has 22 heavy (non-hydrogen) atoms. The molecule has 0 fully saturated rings. The summed E-state index contributed by atoms with van der Waals surface area (Å²) in [7, 11) is 0. The molecular formula is C15H18BrN3O2S. The van der Waals surface area contributed by atoms with E-state index in [1.54, 1.807) is 6.07 Å². The van der Waals surface area contributed by atoms with Gasteiger partial charge in [0.2, 0.25) is 5.91 Å². The Morgan fingerprint density at radius 2 is 2.14 bits per heavy atom. The Balaban J connectivity index is 1.91. The third-order valence-corrected chi connectivity index (χ3v) is 4.70. The Kier molecular flexibility index (Phi) is 5.52. The number of nitrogens with two attached hydrogens (primary N) is 1. The molecule has 7 heteroatoms. The second-order valence-corrected chi connectivity index (χ2v) is 6.93. The molecule has 0 unspecified atom stereocenters. The number of carbonyl (C=O) groups excluding carboxylic acids is 1. The van der Waals surface area contributed by atoms with Crippen molar-refractivity contribution < 1.29 is 9.32 Å². The molecule has 1 aromatic heterocycles. The first kappa shape index (κ1) is 16.9. The van der Waals surface area contributed by atoms with E-state index in [1.807, 2.05) is 26.8 Å². The van der Waals surface area contributed by atoms with E-state index in [4.69, 9.17) is 10.3 Å². The van der Waals surface area contributed by atoms with Crippen molar-refractivity contribution in [3.8, 4) is 0 Å². The van der Waals surface area contributed by atoms with E-state index in [2.05, 4.69) is 26.4 Å². The number of rotatable bonds is 5. The van der Waals surface area contributed by atoms with Gasteiger partial charge in [0.1, 0.15) is 5.76 Å². The van der Waals surface area contributed by atoms with Crippen LogP contribution in [-0.4, -0.2) is 16.8 Å². The van der Waals surface area contributed by atoms with E-state index in [0.717, 1.165) is 27.1 Å². The van der Waals surface area contributed by atoms with Crippen molar-refractivity contribution in [3.63, 3.8) is 0 Å². The highest BCUT2D eigenvalue weighted by molar-refractivity contribution is 9.10. The highest BCUT2D eigenvalue weighted by Crippen LogP contribution is 2.28. The second-order valence-electron chi connectivity index (χ2n) is 5.03. The van der Waals surface area contributed by atoms with Gasteiger partial charge >= 0.3 is 0 Å². The average Bonchev–Trinajstić information content (AvgIpc) is 2.76. The summed E-state index contributed by atoms with van der Waals surface area (Å²) in [5.74, 6) is 1.76. The number of halogens is 1. The number of carbonyl (C=O) groups is 1. The molecule has 3 N–H and O–H groups in total. The van der Waals surface area contributed by atoms with Gasteiger partial charge in [-0.3, -0.25) is 4.79 Å². The van der Waals surface area contributed by atoms with Crippen molar-refractivity contribution in [1.29, 1.82) is 0 Å². The first-order valence-corrected chi connectivity index (χ1v) is 8.68. The quantitative estimate of drug-likeness (QED) is 0.766. The Morgan fingerprint density at radius 3 is 2.77 bits per heavy atom. The second kappa shape index (κ2) is 7.19. The van der Waals surface area contributed by atoms with Gasteiger partial charge in [0.25, 0.3) is 0 Å². The molecule has 2 aromatic rings. The van der Waals surface area contributed by atoms with E-state index in [9.17, 15) is 4.79 Å². The van der Waals surface area contributed by atoms with Gasteiger partial charge in [-0.25, -0.2) is 0 Å². The summed E-state index contributed by atoms with van der Waals surface area (Å²) in [5, 5.41) is 6.75. The highest BCUT2D eigenvalue weighted by atomic mass is 79.9. The maximum atomic E-state index is 12.0. The fourth-order valence-corrected chi connectivity index (χ4v) is 3.55. The highest BCUT2D eigenvalue weighted by Gasteiger charge is 2.11. The Hall–Kier alpha value is -1.47. The normalized spacial score (nSPS) is 10.7. The van der Waals surface area contributed by atoms with Crippen LogP contribution in [0, 0.1) is 20.8 Å². The molecule has 0 atom stereocenters. The van der Waals surface area contributed by atoms with Crippen LogP contribution in [0.5, 0.6) is 0 Å². The molecule has 118 valence electrons. The minimum atomic E-state index is -0.0824. The average molecular weight is 384 g/mol. The van der Waals surface area contributed by atoms with Crippen molar-refractivity contribution in [2.75, 3.05) is 16.8 Å². The third kappa shape index (κ3) is 4.04. The van der Waals surface area contributed by atoms with E-state index in [-0.39, 0.29) is 5.91 Å². The van der Waals surface area contributed by atoms with Crippen LogP contribution in [0.25, 0.3) is 0 Å². The standard InChI is InChI=1S/C15H18BrN3O2S/c1-8-4-11(16)5-13(15(8)17)18-14(20)7-22-6-12-9(2)19-21-10(12)3/h4-5H,6-7,17H2,1-3H3,(H,18,20). The fraction of sp³-hybridized carbons (Fsp3) is 0.333. The molecule has 1 amide bonds. The minimum absolute atomic E-state index is 0.0824. The van der Waals surface area contributed by atoms with Crippen molar-refractivity contribution in [2.45, 2.75) is 26.5 Å². The first-order valence-electron chi connectivity index (χ1n) is 6.73. The molecule has 0 aliphatic rings. The summed E-state index contributed by atoms with van der Waals surface area (Å²) in [6, 6.07) is 3.72. The van der Waals surface area contributed by atoms with Crippen LogP contribution in [0.3, 0.4) is 0 Å². The molecule has 5 nitrogen and oxygen atoms in total. The van der Waals surface area contributed by atoms with E-state index < -0.39 is 0 Å². The number of nitrogens with one attached hydrogen (secondary N) is 1. The Morgan fingerprint density at radius 1 is 1.41 bits per heavy atom. The van der Waals surface area contributed by atoms with Gasteiger partial charge in [0.15, 0.2) is 0 Å². The number of benzene rings is 1. The number of thioether (sulfide) groups is 1. The number of anilines is 2. The summed E-state index contributed by atoms with van der Waals surface area (Å²) in [5.41, 5.74) is 10.1. The summed E-state index contributed by atoms with van der Waals surface area (Å²) in [6.45, 7) is 5.68. The zero-order chi connectivity index (χ0) is 16.3. The molecule has 0 saturated carbocycles. The number of aryl methyl sites for hydroxylation is 3. The number of nitrogen functional groups attached to an aromatic ring is 1. The Bertz CT molecular complexity index is 681. The number of aromatic nitrogens is 1. The van der Waals surface area contributed by atoms with Crippen molar-refractivity contribution >= 4 is 45.0 Å². The molecule has 1 aromatic carbocycles. The number of hydrogen-bond acceptors (Lipinski definition) is 5. The minimum Gasteiger partial charge on any atom is -0.397 e. The molecular weight excluding hydrogens is 366 g/mol. The lowest BCUT2D eigenvalue weighted by Gasteiger charge is -2.11. The molecule has 0 saturated heterocycles. The molecule has 0 spiro atoms. The predicted octanol–water partition coefficient (Wildman–Crippen LogP) is 3.82. The lowest BCUT2D eigenvalue weighted by atomic mass is 10.2. The van der Waals surface area contributed by atoms with E-state index >= 15 is 0 Å². The Labute approximate surface area is 142 Å². The fourth-order valence-electron chi connectivity index (χ4n) is 2.00.